The highest BCUT2D eigenvalue weighted by atomic mass is 16.4. The largest absolute Gasteiger partial charge is 0.481 e. The molecule has 1 fully saturated rings. The molecule has 2 N–H and O–H groups in total. The van der Waals surface area contributed by atoms with E-state index in [0.717, 1.165) is 25.7 Å². The third kappa shape index (κ3) is 6.51. The molecular formula is C13H22N2O5. The van der Waals surface area contributed by atoms with Crippen LogP contribution in [0.1, 0.15) is 32.1 Å². The summed E-state index contributed by atoms with van der Waals surface area (Å²) in [7, 11) is 0. The summed E-state index contributed by atoms with van der Waals surface area (Å²) >= 11 is 0. The quantitative estimate of drug-likeness (QED) is 0.696. The highest BCUT2D eigenvalue weighted by Gasteiger charge is 2.20. The zero-order valence-electron chi connectivity index (χ0n) is 11.6. The van der Waals surface area contributed by atoms with Crippen LogP contribution in [0.3, 0.4) is 0 Å². The first-order valence-electron chi connectivity index (χ1n) is 6.92. The minimum Gasteiger partial charge on any atom is -0.481 e. The van der Waals surface area contributed by atoms with Crippen LogP contribution in [0.5, 0.6) is 0 Å². The third-order valence-electron chi connectivity index (χ3n) is 3.32. The third-order valence-corrected chi connectivity index (χ3v) is 3.32. The lowest BCUT2D eigenvalue weighted by molar-refractivity contribution is -0.142. The van der Waals surface area contributed by atoms with Crippen LogP contribution in [0.25, 0.3) is 0 Å². The van der Waals surface area contributed by atoms with Crippen LogP contribution in [0.4, 0.5) is 0 Å². The van der Waals surface area contributed by atoms with Crippen LogP contribution < -0.4 is 0 Å². The van der Waals surface area contributed by atoms with Crippen molar-refractivity contribution in [1.82, 2.24) is 9.80 Å². The van der Waals surface area contributed by atoms with E-state index in [4.69, 9.17) is 10.2 Å². The molecule has 0 aromatic rings. The van der Waals surface area contributed by atoms with Crippen molar-refractivity contribution in [3.63, 3.8) is 0 Å². The SMILES string of the molecule is O=C(O)CCN(CC(=O)O)CC(=O)N1CCCCCC1. The summed E-state index contributed by atoms with van der Waals surface area (Å²) in [4.78, 5) is 36.6. The van der Waals surface area contributed by atoms with Crippen molar-refractivity contribution in [2.45, 2.75) is 32.1 Å². The van der Waals surface area contributed by atoms with Crippen LogP contribution in [0.15, 0.2) is 0 Å². The zero-order valence-corrected chi connectivity index (χ0v) is 11.6. The normalized spacial score (nSPS) is 15.9. The van der Waals surface area contributed by atoms with E-state index in [1.807, 2.05) is 0 Å². The number of carboxylic acid groups (broad SMARTS) is 2. The summed E-state index contributed by atoms with van der Waals surface area (Å²) < 4.78 is 0. The molecule has 1 rings (SSSR count). The fourth-order valence-electron chi connectivity index (χ4n) is 2.27. The Bertz CT molecular complexity index is 351. The summed E-state index contributed by atoms with van der Waals surface area (Å²) in [6, 6.07) is 0. The van der Waals surface area contributed by atoms with Gasteiger partial charge in [-0.3, -0.25) is 19.3 Å². The van der Waals surface area contributed by atoms with E-state index in [0.29, 0.717) is 13.1 Å². The van der Waals surface area contributed by atoms with Gasteiger partial charge in [0.25, 0.3) is 0 Å². The van der Waals surface area contributed by atoms with Crippen molar-refractivity contribution in [1.29, 1.82) is 0 Å². The molecule has 20 heavy (non-hydrogen) atoms. The number of hydrogen-bond donors (Lipinski definition) is 2. The second-order valence-electron chi connectivity index (χ2n) is 5.04. The van der Waals surface area contributed by atoms with Gasteiger partial charge >= 0.3 is 11.9 Å². The number of hydrogen-bond acceptors (Lipinski definition) is 4. The smallest absolute Gasteiger partial charge is 0.317 e. The van der Waals surface area contributed by atoms with E-state index in [9.17, 15) is 14.4 Å². The molecule has 0 saturated carbocycles. The fourth-order valence-corrected chi connectivity index (χ4v) is 2.27. The topological polar surface area (TPSA) is 98.1 Å². The van der Waals surface area contributed by atoms with Gasteiger partial charge in [-0.15, -0.1) is 0 Å². The lowest BCUT2D eigenvalue weighted by atomic mass is 10.2. The molecule has 0 aromatic carbocycles. The number of nitrogens with zero attached hydrogens (tertiary/aromatic N) is 2. The number of aliphatic carboxylic acids is 2. The molecule has 0 unspecified atom stereocenters. The minimum atomic E-state index is -1.06. The monoisotopic (exact) mass is 286 g/mol. The minimum absolute atomic E-state index is 0.0282. The van der Waals surface area contributed by atoms with Crippen LogP contribution >= 0.6 is 0 Å². The van der Waals surface area contributed by atoms with Gasteiger partial charge in [-0.1, -0.05) is 12.8 Å². The molecule has 1 saturated heterocycles. The Labute approximate surface area is 118 Å². The maximum absolute atomic E-state index is 12.1. The van der Waals surface area contributed by atoms with Crippen molar-refractivity contribution in [3.05, 3.63) is 0 Å². The number of rotatable bonds is 7. The molecule has 1 aliphatic heterocycles. The molecule has 0 bridgehead atoms. The summed E-state index contributed by atoms with van der Waals surface area (Å²) in [6.45, 7) is 1.14. The molecule has 1 aliphatic rings. The molecular weight excluding hydrogens is 264 g/mol. The Balaban J connectivity index is 2.50. The summed E-state index contributed by atoms with van der Waals surface area (Å²) in [6.07, 6.45) is 4.00. The van der Waals surface area contributed by atoms with Crippen molar-refractivity contribution in [3.8, 4) is 0 Å². The first kappa shape index (κ1) is 16.4. The standard InChI is InChI=1S/C13H22N2O5/c16-11(15-6-3-1-2-4-7-15)9-14(10-13(19)20)8-5-12(17)18/h1-10H2,(H,17,18)(H,19,20). The molecule has 7 nitrogen and oxygen atoms in total. The van der Waals surface area contributed by atoms with E-state index in [1.165, 1.54) is 4.90 Å². The van der Waals surface area contributed by atoms with Gasteiger partial charge in [0, 0.05) is 19.6 Å². The summed E-state index contributed by atoms with van der Waals surface area (Å²) in [5.41, 5.74) is 0. The number of carbonyl (C=O) groups is 3. The molecule has 0 spiro atoms. The van der Waals surface area contributed by atoms with Crippen LogP contribution in [0.2, 0.25) is 0 Å². The Kier molecular flexibility index (Phi) is 7.00. The second kappa shape index (κ2) is 8.52. The zero-order chi connectivity index (χ0) is 15.0. The van der Waals surface area contributed by atoms with E-state index in [1.54, 1.807) is 4.90 Å². The Morgan fingerprint density at radius 2 is 1.50 bits per heavy atom. The highest BCUT2D eigenvalue weighted by molar-refractivity contribution is 5.79. The van der Waals surface area contributed by atoms with Gasteiger partial charge in [-0.2, -0.15) is 0 Å². The molecule has 0 atom stereocenters. The van der Waals surface area contributed by atoms with Crippen LogP contribution in [-0.4, -0.2) is 70.6 Å². The molecule has 7 heteroatoms. The maximum Gasteiger partial charge on any atom is 0.317 e. The maximum atomic E-state index is 12.1. The number of carboxylic acids is 2. The summed E-state index contributed by atoms with van der Waals surface area (Å²) in [5.74, 6) is -2.17. The average Bonchev–Trinajstić information content (AvgIpc) is 2.64. The fraction of sp³-hybridized carbons (Fsp3) is 0.769. The Hall–Kier alpha value is -1.63. The van der Waals surface area contributed by atoms with Gasteiger partial charge in [0.05, 0.1) is 19.5 Å². The van der Waals surface area contributed by atoms with Crippen molar-refractivity contribution >= 4 is 17.8 Å². The van der Waals surface area contributed by atoms with Gasteiger partial charge < -0.3 is 15.1 Å². The molecule has 0 aromatic heterocycles. The molecule has 1 heterocycles. The predicted octanol–water partition coefficient (Wildman–Crippen LogP) is 0.250. The predicted molar refractivity (Wildman–Crippen MR) is 71.4 cm³/mol. The Morgan fingerprint density at radius 1 is 0.900 bits per heavy atom. The Morgan fingerprint density at radius 3 is 2.00 bits per heavy atom. The van der Waals surface area contributed by atoms with Crippen LogP contribution in [-0.2, 0) is 14.4 Å². The second-order valence-corrected chi connectivity index (χ2v) is 5.04. The first-order chi connectivity index (χ1) is 9.49. The molecule has 114 valence electrons. The van der Waals surface area contributed by atoms with Gasteiger partial charge in [0.2, 0.25) is 5.91 Å². The lowest BCUT2D eigenvalue weighted by Gasteiger charge is -2.25. The number of carbonyl (C=O) groups excluding carboxylic acids is 1. The number of likely N-dealkylation sites (tertiary alicyclic amines) is 1. The summed E-state index contributed by atoms with van der Waals surface area (Å²) in [5, 5.41) is 17.5. The van der Waals surface area contributed by atoms with Crippen molar-refractivity contribution in [2.75, 3.05) is 32.7 Å². The van der Waals surface area contributed by atoms with Crippen molar-refractivity contribution in [2.24, 2.45) is 0 Å². The average molecular weight is 286 g/mol. The van der Waals surface area contributed by atoms with Crippen LogP contribution in [0, 0.1) is 0 Å². The van der Waals surface area contributed by atoms with E-state index in [2.05, 4.69) is 0 Å². The van der Waals surface area contributed by atoms with Gasteiger partial charge in [-0.05, 0) is 12.8 Å². The van der Waals surface area contributed by atoms with Gasteiger partial charge in [0.15, 0.2) is 0 Å². The van der Waals surface area contributed by atoms with Gasteiger partial charge in [0.1, 0.15) is 0 Å². The molecule has 0 aliphatic carbocycles. The number of amides is 1. The van der Waals surface area contributed by atoms with Crippen molar-refractivity contribution < 1.29 is 24.6 Å². The lowest BCUT2D eigenvalue weighted by Crippen LogP contribution is -2.43. The van der Waals surface area contributed by atoms with E-state index in [-0.39, 0.29) is 32.0 Å². The first-order valence-corrected chi connectivity index (χ1v) is 6.92. The van der Waals surface area contributed by atoms with E-state index >= 15 is 0 Å². The molecule has 1 amide bonds. The van der Waals surface area contributed by atoms with E-state index < -0.39 is 11.9 Å². The highest BCUT2D eigenvalue weighted by Crippen LogP contribution is 2.10. The van der Waals surface area contributed by atoms with Gasteiger partial charge in [-0.25, -0.2) is 0 Å². The molecule has 0 radical (unpaired) electrons.